The van der Waals surface area contributed by atoms with Crippen LogP contribution in [0.1, 0.15) is 38.5 Å². The Balaban J connectivity index is 2.27. The van der Waals surface area contributed by atoms with Gasteiger partial charge in [-0.15, -0.1) is 11.8 Å². The van der Waals surface area contributed by atoms with Crippen molar-refractivity contribution in [3.05, 3.63) is 0 Å². The van der Waals surface area contributed by atoms with E-state index in [1.165, 1.54) is 0 Å². The van der Waals surface area contributed by atoms with E-state index in [9.17, 15) is 9.90 Å². The van der Waals surface area contributed by atoms with Crippen LogP contribution < -0.4 is 11.1 Å². The number of hydrogen-bond donors (Lipinski definition) is 5. The van der Waals surface area contributed by atoms with Gasteiger partial charge in [-0.2, -0.15) is 0 Å². The number of hydrogen-bond acceptors (Lipinski definition) is 6. The normalized spacial score (nSPS) is 21.6. The van der Waals surface area contributed by atoms with Gasteiger partial charge in [-0.25, -0.2) is 0 Å². The molecule has 0 bridgehead atoms. The van der Waals surface area contributed by atoms with E-state index in [-0.39, 0.29) is 6.32 Å². The average Bonchev–Trinajstić information content (AvgIpc) is 2.87. The summed E-state index contributed by atoms with van der Waals surface area (Å²) in [6.07, 6.45) is 3.99. The number of nitrogens with two attached hydrogens (primary N) is 1. The van der Waals surface area contributed by atoms with E-state index in [2.05, 4.69) is 5.32 Å². The molecular formula is C12H25BN2O4S. The fraction of sp³-hybridized carbons (Fsp3) is 0.917. The molecule has 8 heteroatoms. The van der Waals surface area contributed by atoms with Crippen molar-refractivity contribution in [2.45, 2.75) is 55.8 Å². The van der Waals surface area contributed by atoms with Gasteiger partial charge in [-0.05, 0) is 32.0 Å². The van der Waals surface area contributed by atoms with E-state index < -0.39 is 18.6 Å². The molecule has 2 unspecified atom stereocenters. The summed E-state index contributed by atoms with van der Waals surface area (Å²) in [4.78, 5) is 11.3. The first-order chi connectivity index (χ1) is 9.44. The van der Waals surface area contributed by atoms with Crippen molar-refractivity contribution >= 4 is 24.8 Å². The highest BCUT2D eigenvalue weighted by Crippen LogP contribution is 2.24. The molecule has 6 nitrogen and oxygen atoms in total. The van der Waals surface area contributed by atoms with Crippen LogP contribution in [0.4, 0.5) is 0 Å². The molecule has 1 saturated heterocycles. The van der Waals surface area contributed by atoms with E-state index in [1.807, 2.05) is 11.8 Å². The van der Waals surface area contributed by atoms with Gasteiger partial charge < -0.3 is 26.2 Å². The van der Waals surface area contributed by atoms with Crippen LogP contribution in [-0.4, -0.2) is 51.5 Å². The number of carboxylic acids is 1. The molecule has 0 amide bonds. The van der Waals surface area contributed by atoms with Crippen LogP contribution >= 0.6 is 11.8 Å². The first kappa shape index (κ1) is 17.8. The largest absolute Gasteiger partial charge is 0.480 e. The molecule has 0 aliphatic carbocycles. The van der Waals surface area contributed by atoms with Gasteiger partial charge in [0.25, 0.3) is 0 Å². The summed E-state index contributed by atoms with van der Waals surface area (Å²) in [5, 5.41) is 30.6. The SMILES string of the molecule is NC(CCCCB(O)O)(CCCC1NCCS1)C(=O)O. The zero-order valence-electron chi connectivity index (χ0n) is 11.8. The Hall–Kier alpha value is -0.275. The number of carbonyl (C=O) groups is 1. The molecule has 0 spiro atoms. The Morgan fingerprint density at radius 2 is 2.05 bits per heavy atom. The van der Waals surface area contributed by atoms with Crippen LogP contribution in [0.5, 0.6) is 0 Å². The van der Waals surface area contributed by atoms with Crippen molar-refractivity contribution in [1.29, 1.82) is 0 Å². The van der Waals surface area contributed by atoms with E-state index in [4.69, 9.17) is 15.8 Å². The Morgan fingerprint density at radius 3 is 2.60 bits per heavy atom. The summed E-state index contributed by atoms with van der Waals surface area (Å²) in [7, 11) is -1.32. The van der Waals surface area contributed by atoms with Crippen LogP contribution in [-0.2, 0) is 4.79 Å². The molecule has 116 valence electrons. The summed E-state index contributed by atoms with van der Waals surface area (Å²) < 4.78 is 0. The third-order valence-corrected chi connectivity index (χ3v) is 4.89. The molecular weight excluding hydrogens is 279 g/mol. The summed E-state index contributed by atoms with van der Waals surface area (Å²) >= 11 is 1.87. The van der Waals surface area contributed by atoms with Gasteiger partial charge in [-0.1, -0.05) is 12.8 Å². The Kier molecular flexibility index (Phi) is 7.90. The van der Waals surface area contributed by atoms with Gasteiger partial charge in [0.1, 0.15) is 5.54 Å². The summed E-state index contributed by atoms with van der Waals surface area (Å²) in [6.45, 7) is 1.02. The minimum Gasteiger partial charge on any atom is -0.480 e. The maximum atomic E-state index is 11.3. The van der Waals surface area contributed by atoms with Gasteiger partial charge in [0.2, 0.25) is 0 Å². The lowest BCUT2D eigenvalue weighted by molar-refractivity contribution is -0.144. The second-order valence-corrected chi connectivity index (χ2v) is 6.70. The highest BCUT2D eigenvalue weighted by Gasteiger charge is 2.33. The lowest BCUT2D eigenvalue weighted by Gasteiger charge is -2.25. The number of nitrogens with one attached hydrogen (secondary N) is 1. The fourth-order valence-corrected chi connectivity index (χ4v) is 3.46. The summed E-state index contributed by atoms with van der Waals surface area (Å²) in [6, 6.07) is 0. The Bertz CT molecular complexity index is 303. The third kappa shape index (κ3) is 6.45. The number of thioether (sulfide) groups is 1. The van der Waals surface area contributed by atoms with Gasteiger partial charge in [0.05, 0.1) is 5.37 Å². The minimum atomic E-state index is -1.32. The zero-order valence-corrected chi connectivity index (χ0v) is 12.6. The predicted molar refractivity (Wildman–Crippen MR) is 81.5 cm³/mol. The minimum absolute atomic E-state index is 0.262. The Morgan fingerprint density at radius 1 is 1.35 bits per heavy atom. The van der Waals surface area contributed by atoms with Crippen LogP contribution in [0.2, 0.25) is 6.32 Å². The topological polar surface area (TPSA) is 116 Å². The molecule has 20 heavy (non-hydrogen) atoms. The van der Waals surface area contributed by atoms with Gasteiger partial charge in [0, 0.05) is 12.3 Å². The van der Waals surface area contributed by atoms with Crippen LogP contribution in [0.15, 0.2) is 0 Å². The van der Waals surface area contributed by atoms with Gasteiger partial charge in [-0.3, -0.25) is 4.79 Å². The molecule has 0 aromatic rings. The molecule has 2 atom stereocenters. The Labute approximate surface area is 124 Å². The second-order valence-electron chi connectivity index (χ2n) is 5.39. The quantitative estimate of drug-likeness (QED) is 0.290. The molecule has 1 aliphatic rings. The van der Waals surface area contributed by atoms with E-state index in [0.29, 0.717) is 31.1 Å². The van der Waals surface area contributed by atoms with Crippen molar-refractivity contribution in [3.63, 3.8) is 0 Å². The highest BCUT2D eigenvalue weighted by atomic mass is 32.2. The molecule has 6 N–H and O–H groups in total. The number of rotatable bonds is 10. The first-order valence-corrected chi connectivity index (χ1v) is 8.22. The molecule has 0 radical (unpaired) electrons. The van der Waals surface area contributed by atoms with Crippen molar-refractivity contribution in [1.82, 2.24) is 5.32 Å². The smallest absolute Gasteiger partial charge is 0.451 e. The third-order valence-electron chi connectivity index (χ3n) is 3.64. The fourth-order valence-electron chi connectivity index (χ4n) is 2.37. The molecule has 0 aromatic heterocycles. The lowest BCUT2D eigenvalue weighted by Crippen LogP contribution is -2.48. The average molecular weight is 304 g/mol. The monoisotopic (exact) mass is 304 g/mol. The number of aliphatic carboxylic acids is 1. The van der Waals surface area contributed by atoms with Crippen molar-refractivity contribution < 1.29 is 19.9 Å². The molecule has 0 saturated carbocycles. The van der Waals surface area contributed by atoms with Crippen LogP contribution in [0.25, 0.3) is 0 Å². The van der Waals surface area contributed by atoms with Gasteiger partial charge in [0.15, 0.2) is 0 Å². The summed E-state index contributed by atoms with van der Waals surface area (Å²) in [5.41, 5.74) is 4.80. The number of unbranched alkanes of at least 4 members (excludes halogenated alkanes) is 1. The predicted octanol–water partition coefficient (Wildman–Crippen LogP) is 0.244. The molecule has 1 heterocycles. The molecule has 1 rings (SSSR count). The van der Waals surface area contributed by atoms with E-state index in [0.717, 1.165) is 25.1 Å². The van der Waals surface area contributed by atoms with E-state index >= 15 is 0 Å². The van der Waals surface area contributed by atoms with Crippen LogP contribution in [0, 0.1) is 0 Å². The molecule has 0 aromatic carbocycles. The maximum absolute atomic E-state index is 11.3. The first-order valence-electron chi connectivity index (χ1n) is 7.17. The summed E-state index contributed by atoms with van der Waals surface area (Å²) in [5.74, 6) is 0.148. The molecule has 1 fully saturated rings. The van der Waals surface area contributed by atoms with Crippen LogP contribution in [0.3, 0.4) is 0 Å². The molecule has 1 aliphatic heterocycles. The zero-order chi connectivity index (χ0) is 15.0. The number of carboxylic acid groups (broad SMARTS) is 1. The van der Waals surface area contributed by atoms with Gasteiger partial charge >= 0.3 is 13.1 Å². The van der Waals surface area contributed by atoms with Crippen molar-refractivity contribution in [3.8, 4) is 0 Å². The second kappa shape index (κ2) is 8.89. The maximum Gasteiger partial charge on any atom is 0.451 e. The van der Waals surface area contributed by atoms with E-state index in [1.54, 1.807) is 0 Å². The van der Waals surface area contributed by atoms with Crippen molar-refractivity contribution in [2.75, 3.05) is 12.3 Å². The highest BCUT2D eigenvalue weighted by molar-refractivity contribution is 8.00. The standard InChI is InChI=1S/C12H25BN2O4S/c14-12(11(16)17,5-1-2-7-13(18)19)6-3-4-10-15-8-9-20-10/h10,15,18-19H,1-9,14H2,(H,16,17). The lowest BCUT2D eigenvalue weighted by atomic mass is 9.81. The van der Waals surface area contributed by atoms with Crippen molar-refractivity contribution in [2.24, 2.45) is 5.73 Å².